The van der Waals surface area contributed by atoms with Gasteiger partial charge in [-0.15, -0.1) is 0 Å². The molecule has 0 amide bonds. The highest BCUT2D eigenvalue weighted by atomic mass is 15.0. The van der Waals surface area contributed by atoms with Crippen LogP contribution in [0.3, 0.4) is 0 Å². The van der Waals surface area contributed by atoms with Crippen LogP contribution in [-0.4, -0.2) is 39.3 Å². The van der Waals surface area contributed by atoms with Crippen LogP contribution in [0.5, 0.6) is 0 Å². The second-order valence-corrected chi connectivity index (χ2v) is 2.75. The molecule has 1 rings (SSSR count). The largest absolute Gasteiger partial charge is 0.318 e. The van der Waals surface area contributed by atoms with Crippen molar-refractivity contribution in [2.24, 2.45) is 0 Å². The van der Waals surface area contributed by atoms with Crippen LogP contribution in [0.15, 0.2) is 0 Å². The Labute approximate surface area is 62.6 Å². The van der Waals surface area contributed by atoms with Crippen LogP contribution < -0.4 is 16.0 Å². The van der Waals surface area contributed by atoms with Gasteiger partial charge in [0.25, 0.3) is 0 Å². The van der Waals surface area contributed by atoms with Crippen molar-refractivity contribution in [2.75, 3.05) is 33.2 Å². The molecule has 0 saturated carbocycles. The average Bonchev–Trinajstić information content (AvgIpc) is 2.17. The predicted octanol–water partition coefficient (Wildman–Crippen LogP) is -0.843. The van der Waals surface area contributed by atoms with Gasteiger partial charge in [0.15, 0.2) is 0 Å². The molecule has 0 aromatic rings. The van der Waals surface area contributed by atoms with E-state index in [1.807, 2.05) is 7.05 Å². The molecular weight excluding hydrogens is 126 g/mol. The standard InChI is InChI=1S/C7H17N3/c1-8-6-7-2-3-9-4-5-10-7/h7-10H,2-6H2,1H3. The lowest BCUT2D eigenvalue weighted by atomic mass is 10.2. The van der Waals surface area contributed by atoms with Gasteiger partial charge in [0.1, 0.15) is 0 Å². The number of hydrogen-bond donors (Lipinski definition) is 3. The Morgan fingerprint density at radius 2 is 2.30 bits per heavy atom. The van der Waals surface area contributed by atoms with Crippen molar-refractivity contribution in [1.29, 1.82) is 0 Å². The number of hydrogen-bond acceptors (Lipinski definition) is 3. The molecule has 0 aromatic heterocycles. The summed E-state index contributed by atoms with van der Waals surface area (Å²) in [5, 5.41) is 9.98. The van der Waals surface area contributed by atoms with Crippen LogP contribution in [0, 0.1) is 0 Å². The lowest BCUT2D eigenvalue weighted by Crippen LogP contribution is -2.37. The summed E-state index contributed by atoms with van der Waals surface area (Å²) in [6.07, 6.45) is 1.24. The maximum absolute atomic E-state index is 3.46. The summed E-state index contributed by atoms with van der Waals surface area (Å²) in [5.41, 5.74) is 0. The molecule has 0 aromatic carbocycles. The van der Waals surface area contributed by atoms with Crippen molar-refractivity contribution in [3.8, 4) is 0 Å². The van der Waals surface area contributed by atoms with E-state index in [9.17, 15) is 0 Å². The zero-order valence-electron chi connectivity index (χ0n) is 6.61. The van der Waals surface area contributed by atoms with Crippen molar-refractivity contribution in [3.05, 3.63) is 0 Å². The van der Waals surface area contributed by atoms with Gasteiger partial charge in [0.2, 0.25) is 0 Å². The Morgan fingerprint density at radius 3 is 3.10 bits per heavy atom. The summed E-state index contributed by atoms with van der Waals surface area (Å²) in [4.78, 5) is 0. The minimum Gasteiger partial charge on any atom is -0.318 e. The Bertz CT molecular complexity index is 76.9. The van der Waals surface area contributed by atoms with Gasteiger partial charge in [-0.1, -0.05) is 0 Å². The van der Waals surface area contributed by atoms with Crippen LogP contribution in [-0.2, 0) is 0 Å². The van der Waals surface area contributed by atoms with Crippen LogP contribution in [0.4, 0.5) is 0 Å². The molecule has 0 aliphatic carbocycles. The number of nitrogens with one attached hydrogen (secondary N) is 3. The van der Waals surface area contributed by atoms with Crippen molar-refractivity contribution in [2.45, 2.75) is 12.5 Å². The molecule has 1 heterocycles. The molecule has 10 heavy (non-hydrogen) atoms. The lowest BCUT2D eigenvalue weighted by Gasteiger charge is -2.13. The third kappa shape index (κ3) is 2.64. The Morgan fingerprint density at radius 1 is 1.40 bits per heavy atom. The van der Waals surface area contributed by atoms with Gasteiger partial charge in [-0.2, -0.15) is 0 Å². The molecule has 1 aliphatic heterocycles. The van der Waals surface area contributed by atoms with Crippen molar-refractivity contribution < 1.29 is 0 Å². The van der Waals surface area contributed by atoms with Gasteiger partial charge in [0, 0.05) is 25.7 Å². The van der Waals surface area contributed by atoms with E-state index < -0.39 is 0 Å². The molecule has 1 fully saturated rings. The first-order valence-electron chi connectivity index (χ1n) is 4.02. The number of rotatable bonds is 2. The molecule has 3 nitrogen and oxygen atoms in total. The third-order valence-electron chi connectivity index (χ3n) is 1.85. The van der Waals surface area contributed by atoms with Gasteiger partial charge < -0.3 is 16.0 Å². The third-order valence-corrected chi connectivity index (χ3v) is 1.85. The average molecular weight is 143 g/mol. The molecule has 1 aliphatic rings. The first-order chi connectivity index (χ1) is 4.93. The Kier molecular flexibility index (Phi) is 3.72. The molecule has 0 bridgehead atoms. The monoisotopic (exact) mass is 143 g/mol. The van der Waals surface area contributed by atoms with E-state index in [0.29, 0.717) is 6.04 Å². The van der Waals surface area contributed by atoms with E-state index in [1.54, 1.807) is 0 Å². The van der Waals surface area contributed by atoms with Gasteiger partial charge in [-0.3, -0.25) is 0 Å². The van der Waals surface area contributed by atoms with Gasteiger partial charge >= 0.3 is 0 Å². The quantitative estimate of drug-likeness (QED) is 0.471. The smallest absolute Gasteiger partial charge is 0.0204 e. The van der Waals surface area contributed by atoms with Crippen molar-refractivity contribution >= 4 is 0 Å². The van der Waals surface area contributed by atoms with Gasteiger partial charge in [0.05, 0.1) is 0 Å². The first-order valence-corrected chi connectivity index (χ1v) is 4.02. The van der Waals surface area contributed by atoms with Crippen LogP contribution in [0.2, 0.25) is 0 Å². The molecule has 60 valence electrons. The van der Waals surface area contributed by atoms with Crippen LogP contribution in [0.25, 0.3) is 0 Å². The minimum atomic E-state index is 0.667. The maximum Gasteiger partial charge on any atom is 0.0204 e. The summed E-state index contributed by atoms with van der Waals surface area (Å²) in [6, 6.07) is 0.667. The van der Waals surface area contributed by atoms with E-state index in [-0.39, 0.29) is 0 Å². The minimum absolute atomic E-state index is 0.667. The molecule has 0 radical (unpaired) electrons. The van der Waals surface area contributed by atoms with Crippen molar-refractivity contribution in [1.82, 2.24) is 16.0 Å². The fourth-order valence-corrected chi connectivity index (χ4v) is 1.29. The summed E-state index contributed by atoms with van der Waals surface area (Å²) in [5.74, 6) is 0. The Hall–Kier alpha value is -0.120. The summed E-state index contributed by atoms with van der Waals surface area (Å²) in [6.45, 7) is 4.45. The highest BCUT2D eigenvalue weighted by molar-refractivity contribution is 4.73. The molecule has 1 unspecified atom stereocenters. The van der Waals surface area contributed by atoms with E-state index in [2.05, 4.69) is 16.0 Å². The van der Waals surface area contributed by atoms with E-state index in [4.69, 9.17) is 0 Å². The second kappa shape index (κ2) is 4.66. The van der Waals surface area contributed by atoms with Crippen LogP contribution in [0.1, 0.15) is 6.42 Å². The molecule has 3 N–H and O–H groups in total. The van der Waals surface area contributed by atoms with Gasteiger partial charge in [-0.25, -0.2) is 0 Å². The lowest BCUT2D eigenvalue weighted by molar-refractivity contribution is 0.499. The molecule has 0 spiro atoms. The molecular formula is C7H17N3. The SMILES string of the molecule is CNCC1CCNCCN1. The normalized spacial score (nSPS) is 27.9. The second-order valence-electron chi connectivity index (χ2n) is 2.75. The zero-order valence-corrected chi connectivity index (χ0v) is 6.61. The van der Waals surface area contributed by atoms with Gasteiger partial charge in [-0.05, 0) is 20.0 Å². The first kappa shape index (κ1) is 7.98. The topological polar surface area (TPSA) is 36.1 Å². The van der Waals surface area contributed by atoms with Crippen molar-refractivity contribution in [3.63, 3.8) is 0 Å². The molecule has 1 saturated heterocycles. The van der Waals surface area contributed by atoms with Crippen LogP contribution >= 0.6 is 0 Å². The summed E-state index contributed by atoms with van der Waals surface area (Å²) < 4.78 is 0. The highest BCUT2D eigenvalue weighted by Gasteiger charge is 2.08. The zero-order chi connectivity index (χ0) is 7.23. The van der Waals surface area contributed by atoms with E-state index >= 15 is 0 Å². The van der Waals surface area contributed by atoms with E-state index in [1.165, 1.54) is 6.42 Å². The fourth-order valence-electron chi connectivity index (χ4n) is 1.29. The summed E-state index contributed by atoms with van der Waals surface area (Å²) >= 11 is 0. The fraction of sp³-hybridized carbons (Fsp3) is 1.00. The molecule has 3 heteroatoms. The summed E-state index contributed by atoms with van der Waals surface area (Å²) in [7, 11) is 2.00. The predicted molar refractivity (Wildman–Crippen MR) is 43.2 cm³/mol. The maximum atomic E-state index is 3.46. The number of likely N-dealkylation sites (N-methyl/N-ethyl adjacent to an activating group) is 1. The van der Waals surface area contributed by atoms with E-state index in [0.717, 1.165) is 26.2 Å². The molecule has 1 atom stereocenters. The Balaban J connectivity index is 2.15. The highest BCUT2D eigenvalue weighted by Crippen LogP contribution is 1.90.